The summed E-state index contributed by atoms with van der Waals surface area (Å²) >= 11 is 0. The summed E-state index contributed by atoms with van der Waals surface area (Å²) in [6.07, 6.45) is 2.91. The van der Waals surface area contributed by atoms with Crippen LogP contribution in [0.4, 0.5) is 4.39 Å². The highest BCUT2D eigenvalue weighted by molar-refractivity contribution is 5.66. The van der Waals surface area contributed by atoms with Gasteiger partial charge in [-0.15, -0.1) is 0 Å². The Balaban J connectivity index is 2.32. The maximum Gasteiger partial charge on any atom is 0.142 e. The summed E-state index contributed by atoms with van der Waals surface area (Å²) in [7, 11) is 0. The monoisotopic (exact) mass is 244 g/mol. The molecule has 0 radical (unpaired) electrons. The van der Waals surface area contributed by atoms with Gasteiger partial charge in [-0.05, 0) is 17.2 Å². The zero-order valence-corrected chi connectivity index (χ0v) is 10.7. The number of hydrogen-bond donors (Lipinski definition) is 1. The number of rotatable bonds is 4. The molecule has 2 aromatic rings. The normalized spacial score (nSPS) is 10.9. The zero-order chi connectivity index (χ0) is 13.0. The van der Waals surface area contributed by atoms with Crippen molar-refractivity contribution in [1.29, 1.82) is 0 Å². The number of pyridine rings is 1. The summed E-state index contributed by atoms with van der Waals surface area (Å²) in [4.78, 5) is 3.90. The highest BCUT2D eigenvalue weighted by Gasteiger charge is 2.06. The van der Waals surface area contributed by atoms with Gasteiger partial charge in [-0.1, -0.05) is 38.1 Å². The van der Waals surface area contributed by atoms with E-state index < -0.39 is 0 Å². The van der Waals surface area contributed by atoms with Crippen LogP contribution in [0.15, 0.2) is 42.7 Å². The molecule has 0 aliphatic heterocycles. The Labute approximate surface area is 107 Å². The van der Waals surface area contributed by atoms with E-state index in [9.17, 15) is 4.39 Å². The highest BCUT2D eigenvalue weighted by atomic mass is 19.1. The standard InChI is InChI=1S/C15H17FN2/c1-11(2)18-9-12-5-3-4-6-15(12)13-7-14(16)10-17-8-13/h3-8,10-11,18H,9H2,1-2H3. The summed E-state index contributed by atoms with van der Waals surface area (Å²) < 4.78 is 13.2. The summed E-state index contributed by atoms with van der Waals surface area (Å²) in [6, 6.07) is 9.93. The molecule has 0 atom stereocenters. The van der Waals surface area contributed by atoms with Gasteiger partial charge in [-0.25, -0.2) is 4.39 Å². The third-order valence-electron chi connectivity index (χ3n) is 2.73. The maximum absolute atomic E-state index is 13.2. The first-order valence-electron chi connectivity index (χ1n) is 6.09. The lowest BCUT2D eigenvalue weighted by Crippen LogP contribution is -2.22. The largest absolute Gasteiger partial charge is 0.310 e. The van der Waals surface area contributed by atoms with Gasteiger partial charge in [-0.3, -0.25) is 4.98 Å². The number of aromatic nitrogens is 1. The van der Waals surface area contributed by atoms with E-state index in [2.05, 4.69) is 30.2 Å². The van der Waals surface area contributed by atoms with Crippen LogP contribution in [0.3, 0.4) is 0 Å². The van der Waals surface area contributed by atoms with Gasteiger partial charge < -0.3 is 5.32 Å². The molecule has 0 aliphatic carbocycles. The van der Waals surface area contributed by atoms with Crippen molar-refractivity contribution in [3.8, 4) is 11.1 Å². The van der Waals surface area contributed by atoms with E-state index in [1.807, 2.05) is 18.2 Å². The lowest BCUT2D eigenvalue weighted by atomic mass is 10.0. The molecule has 0 saturated carbocycles. The van der Waals surface area contributed by atoms with Crippen LogP contribution in [0.25, 0.3) is 11.1 Å². The van der Waals surface area contributed by atoms with E-state index in [-0.39, 0.29) is 5.82 Å². The first-order chi connectivity index (χ1) is 8.66. The lowest BCUT2D eigenvalue weighted by Gasteiger charge is -2.12. The molecule has 1 heterocycles. The van der Waals surface area contributed by atoms with Gasteiger partial charge in [0, 0.05) is 24.3 Å². The average Bonchev–Trinajstić information content (AvgIpc) is 2.36. The quantitative estimate of drug-likeness (QED) is 0.891. The maximum atomic E-state index is 13.2. The minimum atomic E-state index is -0.306. The van der Waals surface area contributed by atoms with Crippen molar-refractivity contribution in [1.82, 2.24) is 10.3 Å². The third kappa shape index (κ3) is 3.14. The number of halogens is 1. The lowest BCUT2D eigenvalue weighted by molar-refractivity contribution is 0.589. The molecule has 1 aromatic carbocycles. The summed E-state index contributed by atoms with van der Waals surface area (Å²) in [5.41, 5.74) is 2.99. The van der Waals surface area contributed by atoms with Crippen LogP contribution in [0.5, 0.6) is 0 Å². The van der Waals surface area contributed by atoms with Crippen molar-refractivity contribution < 1.29 is 4.39 Å². The number of benzene rings is 1. The van der Waals surface area contributed by atoms with Crippen molar-refractivity contribution in [2.75, 3.05) is 0 Å². The van der Waals surface area contributed by atoms with Gasteiger partial charge in [0.15, 0.2) is 0 Å². The molecule has 0 spiro atoms. The van der Waals surface area contributed by atoms with Gasteiger partial charge in [0.1, 0.15) is 5.82 Å². The van der Waals surface area contributed by atoms with Crippen molar-refractivity contribution in [3.05, 3.63) is 54.1 Å². The molecule has 2 rings (SSSR count). The summed E-state index contributed by atoms with van der Waals surface area (Å²) in [5.74, 6) is -0.306. The van der Waals surface area contributed by atoms with E-state index in [1.165, 1.54) is 12.3 Å². The predicted octanol–water partition coefficient (Wildman–Crippen LogP) is 3.39. The Morgan fingerprint density at radius 2 is 2.00 bits per heavy atom. The number of nitrogens with one attached hydrogen (secondary N) is 1. The van der Waals surface area contributed by atoms with E-state index in [0.717, 1.165) is 23.2 Å². The molecule has 0 unspecified atom stereocenters. The minimum absolute atomic E-state index is 0.306. The van der Waals surface area contributed by atoms with E-state index in [4.69, 9.17) is 0 Å². The molecule has 1 aromatic heterocycles. The molecular weight excluding hydrogens is 227 g/mol. The fourth-order valence-corrected chi connectivity index (χ4v) is 1.83. The number of nitrogens with zero attached hydrogens (tertiary/aromatic N) is 1. The Morgan fingerprint density at radius 3 is 2.72 bits per heavy atom. The third-order valence-corrected chi connectivity index (χ3v) is 2.73. The van der Waals surface area contributed by atoms with Gasteiger partial charge in [0.2, 0.25) is 0 Å². The summed E-state index contributed by atoms with van der Waals surface area (Å²) in [5, 5.41) is 3.37. The van der Waals surface area contributed by atoms with E-state index in [1.54, 1.807) is 6.20 Å². The molecule has 0 amide bonds. The van der Waals surface area contributed by atoms with Crippen LogP contribution in [0.1, 0.15) is 19.4 Å². The van der Waals surface area contributed by atoms with Gasteiger partial charge >= 0.3 is 0 Å². The minimum Gasteiger partial charge on any atom is -0.310 e. The van der Waals surface area contributed by atoms with Crippen molar-refractivity contribution in [3.63, 3.8) is 0 Å². The van der Waals surface area contributed by atoms with Crippen LogP contribution >= 0.6 is 0 Å². The fraction of sp³-hybridized carbons (Fsp3) is 0.267. The molecule has 0 aliphatic rings. The van der Waals surface area contributed by atoms with Crippen LogP contribution in [-0.4, -0.2) is 11.0 Å². The fourth-order valence-electron chi connectivity index (χ4n) is 1.83. The molecule has 18 heavy (non-hydrogen) atoms. The van der Waals surface area contributed by atoms with Crippen LogP contribution in [-0.2, 0) is 6.54 Å². The van der Waals surface area contributed by atoms with Gasteiger partial charge in [0.05, 0.1) is 6.20 Å². The Bertz CT molecular complexity index is 523. The van der Waals surface area contributed by atoms with Crippen molar-refractivity contribution in [2.24, 2.45) is 0 Å². The van der Waals surface area contributed by atoms with E-state index >= 15 is 0 Å². The first-order valence-corrected chi connectivity index (χ1v) is 6.09. The molecule has 0 bridgehead atoms. The molecule has 0 saturated heterocycles. The predicted molar refractivity (Wildman–Crippen MR) is 71.6 cm³/mol. The highest BCUT2D eigenvalue weighted by Crippen LogP contribution is 2.23. The smallest absolute Gasteiger partial charge is 0.142 e. The van der Waals surface area contributed by atoms with Crippen LogP contribution < -0.4 is 5.32 Å². The molecule has 2 nitrogen and oxygen atoms in total. The topological polar surface area (TPSA) is 24.9 Å². The van der Waals surface area contributed by atoms with Gasteiger partial charge in [-0.2, -0.15) is 0 Å². The first kappa shape index (κ1) is 12.7. The molecule has 1 N–H and O–H groups in total. The van der Waals surface area contributed by atoms with Crippen molar-refractivity contribution in [2.45, 2.75) is 26.4 Å². The Morgan fingerprint density at radius 1 is 1.22 bits per heavy atom. The Kier molecular flexibility index (Phi) is 4.05. The molecule has 94 valence electrons. The average molecular weight is 244 g/mol. The van der Waals surface area contributed by atoms with Gasteiger partial charge in [0.25, 0.3) is 0 Å². The van der Waals surface area contributed by atoms with Crippen LogP contribution in [0.2, 0.25) is 0 Å². The van der Waals surface area contributed by atoms with Crippen molar-refractivity contribution >= 4 is 0 Å². The Hall–Kier alpha value is -1.74. The SMILES string of the molecule is CC(C)NCc1ccccc1-c1cncc(F)c1. The summed E-state index contributed by atoms with van der Waals surface area (Å²) in [6.45, 7) is 4.98. The van der Waals surface area contributed by atoms with Crippen LogP contribution in [0, 0.1) is 5.82 Å². The van der Waals surface area contributed by atoms with E-state index in [0.29, 0.717) is 6.04 Å². The zero-order valence-electron chi connectivity index (χ0n) is 10.7. The second kappa shape index (κ2) is 5.74. The molecule has 0 fully saturated rings. The number of hydrogen-bond acceptors (Lipinski definition) is 2. The molecular formula is C15H17FN2. The second-order valence-corrected chi connectivity index (χ2v) is 4.58. The molecule has 3 heteroatoms. The second-order valence-electron chi connectivity index (χ2n) is 4.58.